The molecule has 0 aliphatic carbocycles. The summed E-state index contributed by atoms with van der Waals surface area (Å²) in [5, 5.41) is 9.28. The predicted molar refractivity (Wildman–Crippen MR) is 251 cm³/mol. The maximum atomic E-state index is 12.7. The van der Waals surface area contributed by atoms with Gasteiger partial charge in [0.05, 0.1) is 33.9 Å². The van der Waals surface area contributed by atoms with Gasteiger partial charge in [0.1, 0.15) is 19.8 Å². The Morgan fingerprint density at radius 3 is 1.54 bits per heavy atom. The van der Waals surface area contributed by atoms with Crippen molar-refractivity contribution in [1.29, 1.82) is 0 Å². The Kier molecular flexibility index (Phi) is 39.7. The number of esters is 2. The second kappa shape index (κ2) is 41.4. The van der Waals surface area contributed by atoms with Crippen LogP contribution in [0, 0.1) is 0 Å². The van der Waals surface area contributed by atoms with Crippen molar-refractivity contribution in [2.75, 3.05) is 47.5 Å². The molecule has 352 valence electrons. The van der Waals surface area contributed by atoms with E-state index in [1.165, 1.54) is 57.8 Å². The van der Waals surface area contributed by atoms with E-state index in [2.05, 4.69) is 73.8 Å². The van der Waals surface area contributed by atoms with Crippen LogP contribution in [-0.4, -0.2) is 81.2 Å². The highest BCUT2D eigenvalue weighted by molar-refractivity contribution is 7.45. The smallest absolute Gasteiger partial charge is 0.306 e. The summed E-state index contributed by atoms with van der Waals surface area (Å²) in [6, 6.07) is 0. The molecule has 0 amide bonds. The van der Waals surface area contributed by atoms with E-state index in [0.717, 1.165) is 70.6 Å². The number of nitrogens with zero attached hydrogens (tertiary/aromatic N) is 1. The standard InChI is InChI=1S/C50H88NO9P/c1-6-7-8-9-10-11-12-13-14-15-16-17-20-23-26-29-32-35-38-41-49(53)57-45-48(46-59-61(55,56)58-44-43-51(3,4)5)60-50(54)42-39-36-33-30-27-24-21-18-19-22-25-28-31-34-37-40-47(2)52/h10-11,13-14,19,21-22,24,28,30-31,33,47-48,52H,6-9,12,15-18,20,23,25-27,29,32,34-46H2,1-5H3/b11-10-,14-13-,22-19-,24-21-,31-28-,33-30-/t47-,48+/m0/s1. The molecule has 0 aliphatic rings. The first-order valence-corrected chi connectivity index (χ1v) is 25.1. The molecule has 0 spiro atoms. The van der Waals surface area contributed by atoms with Gasteiger partial charge in [0, 0.05) is 12.8 Å². The average molecular weight is 878 g/mol. The van der Waals surface area contributed by atoms with Crippen LogP contribution in [0.25, 0.3) is 0 Å². The molecule has 11 heteroatoms. The number of ether oxygens (including phenoxy) is 2. The number of quaternary nitrogens is 1. The lowest BCUT2D eigenvalue weighted by Gasteiger charge is -2.28. The summed E-state index contributed by atoms with van der Waals surface area (Å²) in [6.07, 6.45) is 49.2. The summed E-state index contributed by atoms with van der Waals surface area (Å²) in [7, 11) is 1.10. The van der Waals surface area contributed by atoms with Gasteiger partial charge in [0.15, 0.2) is 6.10 Å². The first-order valence-electron chi connectivity index (χ1n) is 23.7. The molecule has 3 atom stereocenters. The molecule has 0 aromatic rings. The van der Waals surface area contributed by atoms with Crippen molar-refractivity contribution in [3.63, 3.8) is 0 Å². The van der Waals surface area contributed by atoms with Crippen LogP contribution >= 0.6 is 7.82 Å². The van der Waals surface area contributed by atoms with Crippen molar-refractivity contribution < 1.29 is 47.2 Å². The fraction of sp³-hybridized carbons (Fsp3) is 0.720. The fourth-order valence-electron chi connectivity index (χ4n) is 5.99. The highest BCUT2D eigenvalue weighted by atomic mass is 31.2. The summed E-state index contributed by atoms with van der Waals surface area (Å²) >= 11 is 0. The molecule has 10 nitrogen and oxygen atoms in total. The van der Waals surface area contributed by atoms with Crippen molar-refractivity contribution in [2.24, 2.45) is 0 Å². The Bertz CT molecular complexity index is 1280. The van der Waals surface area contributed by atoms with E-state index >= 15 is 0 Å². The number of unbranched alkanes of at least 4 members (excludes halogenated alkanes) is 14. The van der Waals surface area contributed by atoms with Crippen molar-refractivity contribution in [1.82, 2.24) is 0 Å². The zero-order valence-corrected chi connectivity index (χ0v) is 40.1. The number of allylic oxidation sites excluding steroid dienone is 12. The quantitative estimate of drug-likeness (QED) is 0.0209. The third-order valence-corrected chi connectivity index (χ3v) is 10.7. The number of rotatable bonds is 42. The van der Waals surface area contributed by atoms with Crippen LogP contribution in [0.15, 0.2) is 72.9 Å². The molecule has 0 heterocycles. The highest BCUT2D eigenvalue weighted by Crippen LogP contribution is 2.38. The molecular formula is C50H88NO9P. The second-order valence-corrected chi connectivity index (χ2v) is 18.5. The number of carbonyl (C=O) groups excluding carboxylic acids is 2. The molecule has 0 aromatic carbocycles. The molecular weight excluding hydrogens is 790 g/mol. The number of aliphatic hydroxyl groups is 1. The third-order valence-electron chi connectivity index (χ3n) is 9.72. The lowest BCUT2D eigenvalue weighted by atomic mass is 10.1. The molecule has 0 saturated carbocycles. The van der Waals surface area contributed by atoms with Crippen LogP contribution in [0.3, 0.4) is 0 Å². The summed E-state index contributed by atoms with van der Waals surface area (Å²) in [5.41, 5.74) is 0. The van der Waals surface area contributed by atoms with E-state index in [9.17, 15) is 24.2 Å². The zero-order chi connectivity index (χ0) is 45.1. The summed E-state index contributed by atoms with van der Waals surface area (Å²) in [6.45, 7) is 3.67. The van der Waals surface area contributed by atoms with Gasteiger partial charge in [-0.05, 0) is 96.8 Å². The molecule has 0 radical (unpaired) electrons. The maximum absolute atomic E-state index is 12.7. The Morgan fingerprint density at radius 1 is 0.590 bits per heavy atom. The largest absolute Gasteiger partial charge is 0.756 e. The number of phosphoric acid groups is 1. The van der Waals surface area contributed by atoms with Crippen LogP contribution in [0.4, 0.5) is 0 Å². The first-order chi connectivity index (χ1) is 29.3. The monoisotopic (exact) mass is 878 g/mol. The van der Waals surface area contributed by atoms with Crippen molar-refractivity contribution >= 4 is 19.8 Å². The molecule has 1 N–H and O–H groups in total. The van der Waals surface area contributed by atoms with Gasteiger partial charge in [-0.3, -0.25) is 14.2 Å². The highest BCUT2D eigenvalue weighted by Gasteiger charge is 2.21. The lowest BCUT2D eigenvalue weighted by Crippen LogP contribution is -2.37. The minimum atomic E-state index is -4.65. The van der Waals surface area contributed by atoms with Gasteiger partial charge in [-0.2, -0.15) is 0 Å². The van der Waals surface area contributed by atoms with Gasteiger partial charge in [-0.1, -0.05) is 138 Å². The number of aliphatic hydroxyl groups excluding tert-OH is 1. The van der Waals surface area contributed by atoms with Crippen LogP contribution < -0.4 is 4.89 Å². The molecule has 61 heavy (non-hydrogen) atoms. The van der Waals surface area contributed by atoms with Crippen LogP contribution in [0.1, 0.15) is 174 Å². The topological polar surface area (TPSA) is 131 Å². The second-order valence-electron chi connectivity index (χ2n) is 17.0. The lowest BCUT2D eigenvalue weighted by molar-refractivity contribution is -0.870. The number of likely N-dealkylation sites (N-methyl/N-ethyl adjacent to an activating group) is 1. The summed E-state index contributed by atoms with van der Waals surface area (Å²) in [4.78, 5) is 37.6. The molecule has 1 unspecified atom stereocenters. The van der Waals surface area contributed by atoms with Crippen LogP contribution in [-0.2, 0) is 32.7 Å². The Balaban J connectivity index is 4.41. The molecule has 0 aliphatic heterocycles. The van der Waals surface area contributed by atoms with Crippen LogP contribution in [0.2, 0.25) is 0 Å². The van der Waals surface area contributed by atoms with Gasteiger partial charge in [-0.25, -0.2) is 0 Å². The number of carbonyl (C=O) groups is 2. The van der Waals surface area contributed by atoms with E-state index in [4.69, 9.17) is 18.5 Å². The number of phosphoric ester groups is 1. The van der Waals surface area contributed by atoms with Crippen molar-refractivity contribution in [2.45, 2.75) is 187 Å². The van der Waals surface area contributed by atoms with Gasteiger partial charge in [0.2, 0.25) is 0 Å². The van der Waals surface area contributed by atoms with Crippen molar-refractivity contribution in [3.05, 3.63) is 72.9 Å². The Morgan fingerprint density at radius 2 is 1.03 bits per heavy atom. The maximum Gasteiger partial charge on any atom is 0.306 e. The molecule has 0 saturated heterocycles. The molecule has 0 fully saturated rings. The van der Waals surface area contributed by atoms with E-state index in [1.54, 1.807) is 0 Å². The first kappa shape index (κ1) is 58.4. The molecule has 0 aromatic heterocycles. The Labute approximate surface area is 372 Å². The van der Waals surface area contributed by atoms with Gasteiger partial charge >= 0.3 is 11.9 Å². The zero-order valence-electron chi connectivity index (χ0n) is 39.2. The summed E-state index contributed by atoms with van der Waals surface area (Å²) in [5.74, 6) is -0.926. The van der Waals surface area contributed by atoms with Crippen molar-refractivity contribution in [3.8, 4) is 0 Å². The normalized spacial score (nSPS) is 14.7. The number of hydrogen-bond acceptors (Lipinski definition) is 9. The van der Waals surface area contributed by atoms with Gasteiger partial charge in [0.25, 0.3) is 7.82 Å². The minimum absolute atomic E-state index is 0.0508. The molecule has 0 bridgehead atoms. The third kappa shape index (κ3) is 46.7. The van der Waals surface area contributed by atoms with Crippen LogP contribution in [0.5, 0.6) is 0 Å². The SMILES string of the molecule is CCCCC/C=C\C/C=C\CCCCCCCCCCCC(=O)OC[C@H](COP(=O)([O-])OCC[N+](C)(C)C)OC(=O)CCC/C=C\C/C=C\C/C=C\C/C=C\CCC[C@H](C)O. The average Bonchev–Trinajstić information content (AvgIpc) is 3.20. The fourth-order valence-corrected chi connectivity index (χ4v) is 6.72. The van der Waals surface area contributed by atoms with Gasteiger partial charge < -0.3 is 33.0 Å². The van der Waals surface area contributed by atoms with E-state index in [-0.39, 0.29) is 32.2 Å². The Hall–Kier alpha value is -2.59. The minimum Gasteiger partial charge on any atom is -0.756 e. The number of hydrogen-bond donors (Lipinski definition) is 1. The molecule has 0 rings (SSSR count). The van der Waals surface area contributed by atoms with E-state index in [1.807, 2.05) is 34.1 Å². The summed E-state index contributed by atoms with van der Waals surface area (Å²) < 4.78 is 33.9. The predicted octanol–water partition coefficient (Wildman–Crippen LogP) is 12.1. The van der Waals surface area contributed by atoms with Gasteiger partial charge in [-0.15, -0.1) is 0 Å². The van der Waals surface area contributed by atoms with E-state index in [0.29, 0.717) is 30.3 Å². The van der Waals surface area contributed by atoms with E-state index < -0.39 is 32.5 Å².